The first-order chi connectivity index (χ1) is 6.61. The average molecular weight is 192 g/mol. The second-order valence-electron chi connectivity index (χ2n) is 3.77. The minimum Gasteiger partial charge on any atom is -0.508 e. The van der Waals surface area contributed by atoms with Gasteiger partial charge in [0.2, 0.25) is 0 Å². The van der Waals surface area contributed by atoms with Crippen LogP contribution in [0, 0.1) is 0 Å². The maximum absolute atomic E-state index is 10.9. The molecule has 2 N–H and O–H groups in total. The van der Waals surface area contributed by atoms with Gasteiger partial charge in [0.05, 0.1) is 5.56 Å². The fraction of sp³-hybridized carbons (Fsp3) is 0.364. The minimum absolute atomic E-state index is 0.231. The molecule has 2 rings (SSSR count). The molecule has 1 aromatic carbocycles. The third kappa shape index (κ3) is 1.16. The number of phenolic OH excluding ortho intramolecular Hbond substituents is 1. The molecule has 0 radical (unpaired) electrons. The highest BCUT2D eigenvalue weighted by Gasteiger charge is 2.26. The molecule has 1 aromatic rings. The third-order valence-corrected chi connectivity index (χ3v) is 2.88. The Labute approximate surface area is 82.0 Å². The highest BCUT2D eigenvalue weighted by molar-refractivity contribution is 5.90. The number of fused-ring (bicyclic) bond motifs is 1. The Morgan fingerprint density at radius 1 is 1.50 bits per heavy atom. The van der Waals surface area contributed by atoms with Crippen LogP contribution in [-0.2, 0) is 6.42 Å². The minimum atomic E-state index is -0.907. The van der Waals surface area contributed by atoms with Crippen molar-refractivity contribution in [2.45, 2.75) is 25.7 Å². The van der Waals surface area contributed by atoms with Crippen molar-refractivity contribution in [2.24, 2.45) is 0 Å². The van der Waals surface area contributed by atoms with Gasteiger partial charge in [0, 0.05) is 5.56 Å². The number of benzene rings is 1. The monoisotopic (exact) mass is 192 g/mol. The van der Waals surface area contributed by atoms with Gasteiger partial charge in [0.25, 0.3) is 0 Å². The van der Waals surface area contributed by atoms with E-state index in [-0.39, 0.29) is 11.7 Å². The van der Waals surface area contributed by atoms with Crippen LogP contribution in [0.3, 0.4) is 0 Å². The fourth-order valence-electron chi connectivity index (χ4n) is 2.18. The molecule has 0 spiro atoms. The Bertz CT molecular complexity index is 396. The van der Waals surface area contributed by atoms with Crippen LogP contribution < -0.4 is 0 Å². The van der Waals surface area contributed by atoms with Crippen molar-refractivity contribution in [1.29, 1.82) is 0 Å². The summed E-state index contributed by atoms with van der Waals surface area (Å²) < 4.78 is 0. The van der Waals surface area contributed by atoms with E-state index < -0.39 is 5.97 Å². The SMILES string of the molecule is CC1CCc2c(C(=O)O)ccc(O)c21. The van der Waals surface area contributed by atoms with Crippen molar-refractivity contribution in [3.05, 3.63) is 28.8 Å². The molecule has 1 atom stereocenters. The Balaban J connectivity index is 2.64. The van der Waals surface area contributed by atoms with Gasteiger partial charge < -0.3 is 10.2 Å². The molecule has 3 heteroatoms. The first-order valence-electron chi connectivity index (χ1n) is 4.69. The normalized spacial score (nSPS) is 19.4. The van der Waals surface area contributed by atoms with Crippen molar-refractivity contribution in [1.82, 2.24) is 0 Å². The molecule has 0 heterocycles. The number of aromatic hydroxyl groups is 1. The molecular weight excluding hydrogens is 180 g/mol. The van der Waals surface area contributed by atoms with Crippen LogP contribution in [0.25, 0.3) is 0 Å². The lowest BCUT2D eigenvalue weighted by molar-refractivity contribution is 0.0696. The van der Waals surface area contributed by atoms with Gasteiger partial charge in [-0.1, -0.05) is 6.92 Å². The standard InChI is InChI=1S/C11H12O3/c1-6-2-3-7-8(11(13)14)4-5-9(12)10(6)7/h4-6,12H,2-3H2,1H3,(H,13,14). The summed E-state index contributed by atoms with van der Waals surface area (Å²) in [5.41, 5.74) is 1.97. The number of rotatable bonds is 1. The van der Waals surface area contributed by atoms with Crippen molar-refractivity contribution in [2.75, 3.05) is 0 Å². The Kier molecular flexibility index (Phi) is 1.95. The molecule has 0 fully saturated rings. The molecule has 74 valence electrons. The zero-order valence-electron chi connectivity index (χ0n) is 7.95. The number of carboxylic acid groups (broad SMARTS) is 1. The maximum Gasteiger partial charge on any atom is 0.335 e. The Morgan fingerprint density at radius 2 is 2.21 bits per heavy atom. The van der Waals surface area contributed by atoms with E-state index in [1.807, 2.05) is 6.92 Å². The number of phenols is 1. The van der Waals surface area contributed by atoms with E-state index in [0.717, 1.165) is 24.0 Å². The third-order valence-electron chi connectivity index (χ3n) is 2.88. The van der Waals surface area contributed by atoms with Crippen LogP contribution in [0.2, 0.25) is 0 Å². The van der Waals surface area contributed by atoms with Gasteiger partial charge in [-0.2, -0.15) is 0 Å². The van der Waals surface area contributed by atoms with Crippen molar-refractivity contribution in [3.8, 4) is 5.75 Å². The summed E-state index contributed by atoms with van der Waals surface area (Å²) in [6.45, 7) is 2.01. The van der Waals surface area contributed by atoms with E-state index in [1.54, 1.807) is 0 Å². The van der Waals surface area contributed by atoms with E-state index in [0.29, 0.717) is 5.56 Å². The molecule has 0 saturated carbocycles. The number of aromatic carboxylic acids is 1. The van der Waals surface area contributed by atoms with Crippen LogP contribution in [0.4, 0.5) is 0 Å². The zero-order valence-corrected chi connectivity index (χ0v) is 7.95. The highest BCUT2D eigenvalue weighted by Crippen LogP contribution is 2.40. The second kappa shape index (κ2) is 3.01. The first kappa shape index (κ1) is 9.06. The number of hydrogen-bond donors (Lipinski definition) is 2. The molecule has 1 unspecified atom stereocenters. The molecule has 0 aliphatic heterocycles. The van der Waals surface area contributed by atoms with Gasteiger partial charge in [-0.15, -0.1) is 0 Å². The summed E-state index contributed by atoms with van der Waals surface area (Å²) in [6, 6.07) is 2.96. The molecule has 0 amide bonds. The first-order valence-corrected chi connectivity index (χ1v) is 4.69. The fourth-order valence-corrected chi connectivity index (χ4v) is 2.18. The zero-order chi connectivity index (χ0) is 10.3. The lowest BCUT2D eigenvalue weighted by Crippen LogP contribution is -2.02. The van der Waals surface area contributed by atoms with Crippen LogP contribution in [0.15, 0.2) is 12.1 Å². The number of carboxylic acids is 1. The average Bonchev–Trinajstić information content (AvgIpc) is 2.49. The largest absolute Gasteiger partial charge is 0.508 e. The van der Waals surface area contributed by atoms with Gasteiger partial charge >= 0.3 is 5.97 Å². The second-order valence-corrected chi connectivity index (χ2v) is 3.77. The van der Waals surface area contributed by atoms with Crippen LogP contribution in [0.5, 0.6) is 5.75 Å². The van der Waals surface area contributed by atoms with E-state index in [1.165, 1.54) is 12.1 Å². The van der Waals surface area contributed by atoms with Gasteiger partial charge in [0.1, 0.15) is 5.75 Å². The van der Waals surface area contributed by atoms with Crippen molar-refractivity contribution in [3.63, 3.8) is 0 Å². The molecule has 1 aliphatic carbocycles. The van der Waals surface area contributed by atoms with Crippen molar-refractivity contribution < 1.29 is 15.0 Å². The van der Waals surface area contributed by atoms with Gasteiger partial charge in [-0.05, 0) is 36.5 Å². The quantitative estimate of drug-likeness (QED) is 0.716. The summed E-state index contributed by atoms with van der Waals surface area (Å²) in [7, 11) is 0. The molecule has 0 saturated heterocycles. The topological polar surface area (TPSA) is 57.5 Å². The van der Waals surface area contributed by atoms with Crippen LogP contribution >= 0.6 is 0 Å². The smallest absolute Gasteiger partial charge is 0.335 e. The van der Waals surface area contributed by atoms with Crippen LogP contribution in [0.1, 0.15) is 40.7 Å². The summed E-state index contributed by atoms with van der Waals surface area (Å²) >= 11 is 0. The number of hydrogen-bond acceptors (Lipinski definition) is 2. The maximum atomic E-state index is 10.9. The predicted molar refractivity (Wildman–Crippen MR) is 51.8 cm³/mol. The van der Waals surface area contributed by atoms with E-state index >= 15 is 0 Å². The molecule has 0 bridgehead atoms. The summed E-state index contributed by atoms with van der Waals surface area (Å²) in [6.07, 6.45) is 1.68. The molecule has 3 nitrogen and oxygen atoms in total. The Morgan fingerprint density at radius 3 is 2.86 bits per heavy atom. The van der Waals surface area contributed by atoms with Gasteiger partial charge in [-0.25, -0.2) is 4.79 Å². The summed E-state index contributed by atoms with van der Waals surface area (Å²) in [5.74, 6) is -0.408. The Hall–Kier alpha value is -1.51. The summed E-state index contributed by atoms with van der Waals surface area (Å²) in [4.78, 5) is 10.9. The van der Waals surface area contributed by atoms with E-state index in [2.05, 4.69) is 0 Å². The van der Waals surface area contributed by atoms with Gasteiger partial charge in [0.15, 0.2) is 0 Å². The molecule has 1 aliphatic rings. The van der Waals surface area contributed by atoms with Crippen LogP contribution in [-0.4, -0.2) is 16.2 Å². The summed E-state index contributed by atoms with van der Waals surface area (Å²) in [5, 5.41) is 18.6. The lowest BCUT2D eigenvalue weighted by Gasteiger charge is -2.08. The highest BCUT2D eigenvalue weighted by atomic mass is 16.4. The van der Waals surface area contributed by atoms with E-state index in [4.69, 9.17) is 5.11 Å². The number of carbonyl (C=O) groups is 1. The molecular formula is C11H12O3. The molecule has 0 aromatic heterocycles. The van der Waals surface area contributed by atoms with Crippen molar-refractivity contribution >= 4 is 5.97 Å². The predicted octanol–water partition coefficient (Wildman–Crippen LogP) is 2.14. The lowest BCUT2D eigenvalue weighted by atomic mass is 9.99. The van der Waals surface area contributed by atoms with E-state index in [9.17, 15) is 9.90 Å². The molecule has 14 heavy (non-hydrogen) atoms. The van der Waals surface area contributed by atoms with Gasteiger partial charge in [-0.3, -0.25) is 0 Å².